The van der Waals surface area contributed by atoms with Crippen molar-refractivity contribution in [3.05, 3.63) is 47.9 Å². The summed E-state index contributed by atoms with van der Waals surface area (Å²) in [5.41, 5.74) is 2.98. The smallest absolute Gasteiger partial charge is 0.276 e. The van der Waals surface area contributed by atoms with Crippen LogP contribution in [0.15, 0.2) is 36.5 Å². The lowest BCUT2D eigenvalue weighted by atomic mass is 10.1. The number of carbonyl (C=O) groups is 1. The van der Waals surface area contributed by atoms with Crippen molar-refractivity contribution in [1.82, 2.24) is 24.9 Å². The first kappa shape index (κ1) is 21.0. The number of unbranched alkanes of at least 4 members (excludes halogenated alkanes) is 2. The van der Waals surface area contributed by atoms with Gasteiger partial charge in [0.1, 0.15) is 0 Å². The van der Waals surface area contributed by atoms with Gasteiger partial charge in [-0.25, -0.2) is 4.68 Å². The second-order valence-corrected chi connectivity index (χ2v) is 7.63. The summed E-state index contributed by atoms with van der Waals surface area (Å²) in [6.07, 6.45) is 7.08. The molecule has 1 aromatic carbocycles. The lowest BCUT2D eigenvalue weighted by molar-refractivity contribution is 0.0672. The summed E-state index contributed by atoms with van der Waals surface area (Å²) in [4.78, 5) is 19.8. The summed E-state index contributed by atoms with van der Waals surface area (Å²) >= 11 is 0. The average molecular weight is 394 g/mol. The fourth-order valence-electron chi connectivity index (χ4n) is 3.79. The number of nitrogens with zero attached hydrogens (tertiary/aromatic N) is 5. The zero-order chi connectivity index (χ0) is 20.8. The molecule has 1 unspecified atom stereocenters. The van der Waals surface area contributed by atoms with E-state index in [1.54, 1.807) is 10.9 Å². The molecule has 3 rings (SSSR count). The number of amides is 1. The van der Waals surface area contributed by atoms with Gasteiger partial charge in [-0.1, -0.05) is 44.4 Å². The number of benzene rings is 1. The van der Waals surface area contributed by atoms with Crippen molar-refractivity contribution in [3.63, 3.8) is 0 Å². The van der Waals surface area contributed by atoms with E-state index in [0.29, 0.717) is 5.69 Å². The summed E-state index contributed by atoms with van der Waals surface area (Å²) < 4.78 is 1.76. The molecule has 154 valence electrons. The van der Waals surface area contributed by atoms with E-state index in [9.17, 15) is 4.79 Å². The Hall–Kier alpha value is -2.76. The van der Waals surface area contributed by atoms with E-state index in [1.807, 2.05) is 42.2 Å². The maximum atomic E-state index is 13.4. The highest BCUT2D eigenvalue weighted by atomic mass is 16.2. The number of hydrogen-bond acceptors (Lipinski definition) is 4. The Balaban J connectivity index is 1.94. The van der Waals surface area contributed by atoms with Gasteiger partial charge in [-0.15, -0.1) is 5.10 Å². The molecule has 0 aliphatic rings. The highest BCUT2D eigenvalue weighted by Crippen LogP contribution is 2.23. The van der Waals surface area contributed by atoms with Crippen LogP contribution in [-0.4, -0.2) is 43.4 Å². The minimum absolute atomic E-state index is 0.0239. The molecule has 0 spiro atoms. The van der Waals surface area contributed by atoms with Gasteiger partial charge in [-0.2, -0.15) is 0 Å². The molecule has 6 heteroatoms. The monoisotopic (exact) mass is 393 g/mol. The summed E-state index contributed by atoms with van der Waals surface area (Å²) in [5, 5.41) is 9.61. The van der Waals surface area contributed by atoms with Crippen LogP contribution in [0, 0.1) is 6.92 Å². The standard InChI is InChI=1S/C23H31N5O/c1-5-7-8-16-27(17(3)11-6-2)23(29)22-18(4)28(26-25-22)21-14-9-13-20-19(21)12-10-15-24-20/h9-10,12-15,17H,5-8,11,16H2,1-4H3. The molecule has 0 fully saturated rings. The van der Waals surface area contributed by atoms with E-state index in [0.717, 1.165) is 60.9 Å². The molecule has 0 radical (unpaired) electrons. The van der Waals surface area contributed by atoms with Crippen LogP contribution in [0.2, 0.25) is 0 Å². The van der Waals surface area contributed by atoms with Gasteiger partial charge in [0.2, 0.25) is 0 Å². The summed E-state index contributed by atoms with van der Waals surface area (Å²) in [7, 11) is 0. The molecule has 1 amide bonds. The SMILES string of the molecule is CCCCCN(C(=O)c1nnn(-c2cccc3ncccc23)c1C)C(C)CCC. The predicted octanol–water partition coefficient (Wildman–Crippen LogP) is 4.94. The van der Waals surface area contributed by atoms with Gasteiger partial charge in [-0.05, 0) is 51.0 Å². The molecular formula is C23H31N5O. The first-order valence-corrected chi connectivity index (χ1v) is 10.7. The molecule has 0 N–H and O–H groups in total. The molecule has 2 heterocycles. The molecule has 3 aromatic rings. The molecule has 0 aliphatic heterocycles. The number of aromatic nitrogens is 4. The number of hydrogen-bond donors (Lipinski definition) is 0. The second-order valence-electron chi connectivity index (χ2n) is 7.63. The van der Waals surface area contributed by atoms with E-state index >= 15 is 0 Å². The van der Waals surface area contributed by atoms with Crippen LogP contribution in [0.4, 0.5) is 0 Å². The fourth-order valence-corrected chi connectivity index (χ4v) is 3.79. The molecule has 1 atom stereocenters. The molecule has 29 heavy (non-hydrogen) atoms. The molecule has 6 nitrogen and oxygen atoms in total. The Kier molecular flexibility index (Phi) is 6.96. The molecule has 2 aromatic heterocycles. The normalized spacial score (nSPS) is 12.3. The van der Waals surface area contributed by atoms with E-state index in [4.69, 9.17) is 0 Å². The number of rotatable bonds is 9. The first-order valence-electron chi connectivity index (χ1n) is 10.7. The maximum Gasteiger partial charge on any atom is 0.276 e. The predicted molar refractivity (Wildman–Crippen MR) is 116 cm³/mol. The average Bonchev–Trinajstić information content (AvgIpc) is 3.11. The minimum atomic E-state index is -0.0239. The number of carbonyl (C=O) groups excluding carboxylic acids is 1. The molecular weight excluding hydrogens is 362 g/mol. The van der Waals surface area contributed by atoms with Crippen molar-refractivity contribution in [2.24, 2.45) is 0 Å². The van der Waals surface area contributed by atoms with Crippen molar-refractivity contribution in [2.75, 3.05) is 6.54 Å². The van der Waals surface area contributed by atoms with Crippen LogP contribution >= 0.6 is 0 Å². The van der Waals surface area contributed by atoms with Gasteiger partial charge < -0.3 is 4.90 Å². The Labute approximate surface area is 172 Å². The third-order valence-corrected chi connectivity index (χ3v) is 5.45. The quantitative estimate of drug-likeness (QED) is 0.483. The highest BCUT2D eigenvalue weighted by Gasteiger charge is 2.26. The second kappa shape index (κ2) is 9.63. The summed E-state index contributed by atoms with van der Waals surface area (Å²) in [6.45, 7) is 9.14. The van der Waals surface area contributed by atoms with Crippen molar-refractivity contribution < 1.29 is 4.79 Å². The van der Waals surface area contributed by atoms with E-state index in [1.165, 1.54) is 0 Å². The van der Waals surface area contributed by atoms with Gasteiger partial charge >= 0.3 is 0 Å². The van der Waals surface area contributed by atoms with E-state index in [-0.39, 0.29) is 11.9 Å². The van der Waals surface area contributed by atoms with Gasteiger partial charge in [0.25, 0.3) is 5.91 Å². The van der Waals surface area contributed by atoms with Crippen LogP contribution in [0.5, 0.6) is 0 Å². The van der Waals surface area contributed by atoms with Gasteiger partial charge in [0.15, 0.2) is 5.69 Å². The maximum absolute atomic E-state index is 13.4. The largest absolute Gasteiger partial charge is 0.334 e. The Bertz CT molecular complexity index is 960. The lowest BCUT2D eigenvalue weighted by Crippen LogP contribution is -2.40. The summed E-state index contributed by atoms with van der Waals surface area (Å²) in [5.74, 6) is -0.0239. The Morgan fingerprint density at radius 3 is 2.72 bits per heavy atom. The van der Waals surface area contributed by atoms with Gasteiger partial charge in [-0.3, -0.25) is 9.78 Å². The first-order chi connectivity index (χ1) is 14.1. The van der Waals surface area contributed by atoms with E-state index < -0.39 is 0 Å². The van der Waals surface area contributed by atoms with Crippen LogP contribution in [0.3, 0.4) is 0 Å². The fraction of sp³-hybridized carbons (Fsp3) is 0.478. The zero-order valence-electron chi connectivity index (χ0n) is 17.9. The Morgan fingerprint density at radius 2 is 1.97 bits per heavy atom. The molecule has 0 bridgehead atoms. The summed E-state index contributed by atoms with van der Waals surface area (Å²) in [6, 6.07) is 10.0. The van der Waals surface area contributed by atoms with Crippen molar-refractivity contribution in [1.29, 1.82) is 0 Å². The number of fused-ring (bicyclic) bond motifs is 1. The molecule has 0 aliphatic carbocycles. The van der Waals surface area contributed by atoms with E-state index in [2.05, 4.69) is 36.1 Å². The highest BCUT2D eigenvalue weighted by molar-refractivity contribution is 5.94. The third-order valence-electron chi connectivity index (χ3n) is 5.45. The van der Waals surface area contributed by atoms with Gasteiger partial charge in [0, 0.05) is 24.2 Å². The number of pyridine rings is 1. The minimum Gasteiger partial charge on any atom is -0.334 e. The third kappa shape index (κ3) is 4.47. The molecule has 0 saturated carbocycles. The van der Waals surface area contributed by atoms with Crippen LogP contribution in [-0.2, 0) is 0 Å². The topological polar surface area (TPSA) is 63.9 Å². The van der Waals surface area contributed by atoms with Crippen molar-refractivity contribution in [3.8, 4) is 5.69 Å². The lowest BCUT2D eigenvalue weighted by Gasteiger charge is -2.28. The molecule has 0 saturated heterocycles. The van der Waals surface area contributed by atoms with Crippen LogP contribution < -0.4 is 0 Å². The zero-order valence-corrected chi connectivity index (χ0v) is 17.9. The van der Waals surface area contributed by atoms with Crippen LogP contribution in [0.1, 0.15) is 69.1 Å². The Morgan fingerprint density at radius 1 is 1.14 bits per heavy atom. The van der Waals surface area contributed by atoms with Crippen LogP contribution in [0.25, 0.3) is 16.6 Å². The van der Waals surface area contributed by atoms with Crippen molar-refractivity contribution >= 4 is 16.8 Å². The van der Waals surface area contributed by atoms with Crippen molar-refractivity contribution in [2.45, 2.75) is 65.8 Å². The van der Waals surface area contributed by atoms with Gasteiger partial charge in [0.05, 0.1) is 16.9 Å².